The second-order valence-corrected chi connectivity index (χ2v) is 6.07. The van der Waals surface area contributed by atoms with Gasteiger partial charge in [0, 0.05) is 22.4 Å². The van der Waals surface area contributed by atoms with E-state index >= 15 is 0 Å². The molecule has 2 atom stereocenters. The summed E-state index contributed by atoms with van der Waals surface area (Å²) in [6.07, 6.45) is 0.699. The Balaban J connectivity index is 1.85. The van der Waals surface area contributed by atoms with E-state index in [1.54, 1.807) is 12.1 Å². The summed E-state index contributed by atoms with van der Waals surface area (Å²) in [7, 11) is 0. The highest BCUT2D eigenvalue weighted by Gasteiger charge is 2.28. The summed E-state index contributed by atoms with van der Waals surface area (Å²) in [6.45, 7) is 0.620. The van der Waals surface area contributed by atoms with Crippen molar-refractivity contribution >= 4 is 23.2 Å². The highest BCUT2D eigenvalue weighted by molar-refractivity contribution is 6.36. The number of hydrogen-bond donors (Lipinski definition) is 1. The van der Waals surface area contributed by atoms with E-state index in [4.69, 9.17) is 27.9 Å². The molecule has 0 radical (unpaired) electrons. The van der Waals surface area contributed by atoms with Crippen LogP contribution in [0.15, 0.2) is 42.5 Å². The molecule has 1 N–H and O–H groups in total. The molecule has 2 aromatic rings. The zero-order valence-electron chi connectivity index (χ0n) is 11.4. The van der Waals surface area contributed by atoms with Crippen LogP contribution in [0, 0.1) is 0 Å². The number of ether oxygens (including phenoxy) is 1. The van der Waals surface area contributed by atoms with Crippen LogP contribution in [-0.2, 0) is 6.42 Å². The Hall–Kier alpha value is -1.22. The van der Waals surface area contributed by atoms with E-state index in [0.717, 1.165) is 23.3 Å². The van der Waals surface area contributed by atoms with Gasteiger partial charge < -0.3 is 9.84 Å². The molecule has 0 aromatic heterocycles. The highest BCUT2D eigenvalue weighted by Crippen LogP contribution is 2.37. The van der Waals surface area contributed by atoms with Gasteiger partial charge >= 0.3 is 0 Å². The molecule has 21 heavy (non-hydrogen) atoms. The van der Waals surface area contributed by atoms with Crippen LogP contribution >= 0.6 is 23.2 Å². The summed E-state index contributed by atoms with van der Waals surface area (Å²) in [6, 6.07) is 13.3. The van der Waals surface area contributed by atoms with Gasteiger partial charge in [-0.2, -0.15) is 0 Å². The van der Waals surface area contributed by atoms with Crippen molar-refractivity contribution in [2.75, 3.05) is 6.61 Å². The van der Waals surface area contributed by atoms with Crippen molar-refractivity contribution in [3.63, 3.8) is 0 Å². The number of benzene rings is 2. The molecular formula is C17H16Cl2O2. The number of fused-ring (bicyclic) bond motifs is 1. The monoisotopic (exact) mass is 322 g/mol. The molecule has 2 nitrogen and oxygen atoms in total. The molecule has 0 saturated carbocycles. The lowest BCUT2D eigenvalue weighted by atomic mass is 9.85. The number of halogens is 2. The van der Waals surface area contributed by atoms with Crippen molar-refractivity contribution in [1.82, 2.24) is 0 Å². The predicted octanol–water partition coefficient (Wildman–Crippen LogP) is 4.46. The maximum Gasteiger partial charge on any atom is 0.122 e. The second kappa shape index (κ2) is 6.27. The lowest BCUT2D eigenvalue weighted by Gasteiger charge is -2.29. The minimum absolute atomic E-state index is 0.0438. The van der Waals surface area contributed by atoms with Gasteiger partial charge in [-0.25, -0.2) is 0 Å². The molecule has 0 saturated heterocycles. The van der Waals surface area contributed by atoms with Crippen LogP contribution in [0.5, 0.6) is 5.75 Å². The minimum Gasteiger partial charge on any atom is -0.493 e. The van der Waals surface area contributed by atoms with Gasteiger partial charge in [0.25, 0.3) is 0 Å². The largest absolute Gasteiger partial charge is 0.493 e. The molecule has 0 bridgehead atoms. The van der Waals surface area contributed by atoms with E-state index in [0.29, 0.717) is 23.1 Å². The van der Waals surface area contributed by atoms with Crippen LogP contribution in [0.4, 0.5) is 0 Å². The van der Waals surface area contributed by atoms with Crippen molar-refractivity contribution < 1.29 is 9.84 Å². The van der Waals surface area contributed by atoms with E-state index in [-0.39, 0.29) is 5.92 Å². The Bertz CT molecular complexity index is 622. The average Bonchev–Trinajstić information content (AvgIpc) is 2.50. The minimum atomic E-state index is -0.535. The summed E-state index contributed by atoms with van der Waals surface area (Å²) in [5.41, 5.74) is 1.86. The van der Waals surface area contributed by atoms with Gasteiger partial charge in [-0.1, -0.05) is 47.5 Å². The third kappa shape index (κ3) is 3.03. The van der Waals surface area contributed by atoms with Crippen LogP contribution in [0.3, 0.4) is 0 Å². The number of rotatable bonds is 3. The summed E-state index contributed by atoms with van der Waals surface area (Å²) in [4.78, 5) is 0. The van der Waals surface area contributed by atoms with E-state index < -0.39 is 6.10 Å². The van der Waals surface area contributed by atoms with E-state index in [2.05, 4.69) is 0 Å². The number of aliphatic hydroxyl groups is 1. The molecule has 110 valence electrons. The van der Waals surface area contributed by atoms with Crippen molar-refractivity contribution in [1.29, 1.82) is 0 Å². The zero-order chi connectivity index (χ0) is 14.8. The van der Waals surface area contributed by atoms with Crippen LogP contribution < -0.4 is 4.74 Å². The van der Waals surface area contributed by atoms with Gasteiger partial charge in [0.2, 0.25) is 0 Å². The van der Waals surface area contributed by atoms with Gasteiger partial charge in [-0.15, -0.1) is 0 Å². The van der Waals surface area contributed by atoms with Crippen molar-refractivity contribution in [2.24, 2.45) is 0 Å². The molecular weight excluding hydrogens is 307 g/mol. The first-order valence-corrected chi connectivity index (χ1v) is 7.75. The molecule has 4 heteroatoms. The summed E-state index contributed by atoms with van der Waals surface area (Å²) in [5.74, 6) is 0.903. The predicted molar refractivity (Wildman–Crippen MR) is 85.5 cm³/mol. The third-order valence-electron chi connectivity index (χ3n) is 3.94. The van der Waals surface area contributed by atoms with E-state index in [1.165, 1.54) is 0 Å². The number of hydrogen-bond acceptors (Lipinski definition) is 2. The number of para-hydroxylation sites is 1. The Morgan fingerprint density at radius 3 is 2.57 bits per heavy atom. The third-order valence-corrected chi connectivity index (χ3v) is 4.65. The smallest absolute Gasteiger partial charge is 0.122 e. The fourth-order valence-electron chi connectivity index (χ4n) is 2.85. The SMILES string of the molecule is OC(Cc1c(Cl)cccc1Cl)C1CCOc2ccccc21. The maximum atomic E-state index is 10.7. The maximum absolute atomic E-state index is 10.7. The first-order valence-electron chi connectivity index (χ1n) is 6.99. The second-order valence-electron chi connectivity index (χ2n) is 5.25. The van der Waals surface area contributed by atoms with Crippen LogP contribution in [0.2, 0.25) is 10.0 Å². The highest BCUT2D eigenvalue weighted by atomic mass is 35.5. The summed E-state index contributed by atoms with van der Waals surface area (Å²) < 4.78 is 5.64. The molecule has 2 unspecified atom stereocenters. The molecule has 0 fully saturated rings. The van der Waals surface area contributed by atoms with Crippen molar-refractivity contribution in [3.05, 3.63) is 63.6 Å². The fraction of sp³-hybridized carbons (Fsp3) is 0.294. The Labute approximate surface area is 134 Å². The molecule has 1 heterocycles. The Kier molecular flexibility index (Phi) is 4.39. The lowest BCUT2D eigenvalue weighted by molar-refractivity contribution is 0.116. The standard InChI is InChI=1S/C17H16Cl2O2/c18-14-5-3-6-15(19)13(14)10-16(20)11-8-9-21-17-7-2-1-4-12(11)17/h1-7,11,16,20H,8-10H2. The Morgan fingerprint density at radius 1 is 1.10 bits per heavy atom. The normalized spacial score (nSPS) is 18.7. The van der Waals surface area contributed by atoms with Crippen LogP contribution in [0.1, 0.15) is 23.5 Å². The van der Waals surface area contributed by atoms with Crippen molar-refractivity contribution in [2.45, 2.75) is 24.9 Å². The molecule has 2 aromatic carbocycles. The van der Waals surface area contributed by atoms with Gasteiger partial charge in [0.1, 0.15) is 5.75 Å². The van der Waals surface area contributed by atoms with E-state index in [1.807, 2.05) is 30.3 Å². The summed E-state index contributed by atoms with van der Waals surface area (Å²) in [5, 5.41) is 11.8. The lowest BCUT2D eigenvalue weighted by Crippen LogP contribution is -2.26. The number of aliphatic hydroxyl groups excluding tert-OH is 1. The summed E-state index contributed by atoms with van der Waals surface area (Å²) >= 11 is 12.4. The molecule has 0 amide bonds. The van der Waals surface area contributed by atoms with Gasteiger partial charge in [-0.3, -0.25) is 0 Å². The Morgan fingerprint density at radius 2 is 1.81 bits per heavy atom. The first kappa shape index (κ1) is 14.7. The van der Waals surface area contributed by atoms with Crippen molar-refractivity contribution in [3.8, 4) is 5.75 Å². The molecule has 0 spiro atoms. The molecule has 1 aliphatic rings. The van der Waals surface area contributed by atoms with Crippen LogP contribution in [0.25, 0.3) is 0 Å². The average molecular weight is 323 g/mol. The zero-order valence-corrected chi connectivity index (χ0v) is 12.9. The first-order chi connectivity index (χ1) is 10.2. The quantitative estimate of drug-likeness (QED) is 0.903. The van der Waals surface area contributed by atoms with Gasteiger partial charge in [0.05, 0.1) is 12.7 Å². The van der Waals surface area contributed by atoms with E-state index in [9.17, 15) is 5.11 Å². The fourth-order valence-corrected chi connectivity index (χ4v) is 3.40. The molecule has 3 rings (SSSR count). The molecule has 1 aliphatic heterocycles. The van der Waals surface area contributed by atoms with Crippen LogP contribution in [-0.4, -0.2) is 17.8 Å². The van der Waals surface area contributed by atoms with Gasteiger partial charge in [-0.05, 0) is 35.7 Å². The molecule has 0 aliphatic carbocycles. The van der Waals surface area contributed by atoms with Gasteiger partial charge in [0.15, 0.2) is 0 Å². The topological polar surface area (TPSA) is 29.5 Å².